The van der Waals surface area contributed by atoms with E-state index in [1.807, 2.05) is 6.07 Å². The number of carbonyl (C=O) groups is 1. The zero-order chi connectivity index (χ0) is 25.4. The summed E-state index contributed by atoms with van der Waals surface area (Å²) in [4.78, 5) is 14.4. The molecule has 0 unspecified atom stereocenters. The normalized spacial score (nSPS) is 11.2. The number of unbranched alkanes of at least 4 members (excludes halogenated alkanes) is 11. The van der Waals surface area contributed by atoms with Gasteiger partial charge in [0.05, 0.1) is 4.88 Å². The van der Waals surface area contributed by atoms with E-state index in [0.29, 0.717) is 6.42 Å². The van der Waals surface area contributed by atoms with Gasteiger partial charge in [-0.15, -0.1) is 11.3 Å². The van der Waals surface area contributed by atoms with Crippen molar-refractivity contribution in [2.75, 3.05) is 0 Å². The Morgan fingerprint density at radius 1 is 0.556 bits per heavy atom. The van der Waals surface area contributed by atoms with Crippen LogP contribution in [-0.2, 0) is 6.42 Å². The summed E-state index contributed by atoms with van der Waals surface area (Å²) >= 11 is 1.62. The summed E-state index contributed by atoms with van der Waals surface area (Å²) in [6.45, 7) is 4.41. The topological polar surface area (TPSA) is 17.1 Å². The van der Waals surface area contributed by atoms with Gasteiger partial charge in [-0.05, 0) is 53.6 Å². The SMILES string of the molecule is CCCCCCCCCCCCCc1ccc(-c2ccc(-c3ccc(C(=O)CCCC)s3)cc2)cc1. The van der Waals surface area contributed by atoms with Crippen molar-refractivity contribution in [3.63, 3.8) is 0 Å². The van der Waals surface area contributed by atoms with E-state index in [4.69, 9.17) is 0 Å². The second-order valence-electron chi connectivity index (χ2n) is 10.3. The summed E-state index contributed by atoms with van der Waals surface area (Å²) in [5, 5.41) is 0. The quantitative estimate of drug-likeness (QED) is 0.125. The Labute approximate surface area is 224 Å². The standard InChI is InChI=1S/C34H46OS/c1-3-5-7-8-9-10-11-12-13-14-15-16-28-18-20-29(21-19-28)30-22-24-31(25-23-30)33-26-27-34(36-33)32(35)17-6-4-2/h18-27H,3-17H2,1-2H3. The van der Waals surface area contributed by atoms with Gasteiger partial charge < -0.3 is 0 Å². The van der Waals surface area contributed by atoms with E-state index >= 15 is 0 Å². The smallest absolute Gasteiger partial charge is 0.172 e. The van der Waals surface area contributed by atoms with Gasteiger partial charge in [0.25, 0.3) is 0 Å². The second kappa shape index (κ2) is 16.5. The Hall–Kier alpha value is -2.19. The van der Waals surface area contributed by atoms with Crippen LogP contribution in [0.1, 0.15) is 119 Å². The number of carbonyl (C=O) groups excluding carboxylic acids is 1. The molecule has 194 valence electrons. The third-order valence-corrected chi connectivity index (χ3v) is 8.34. The van der Waals surface area contributed by atoms with Gasteiger partial charge >= 0.3 is 0 Å². The number of Topliss-reactive ketones (excluding diaryl/α,β-unsaturated/α-hetero) is 1. The number of hydrogen-bond donors (Lipinski definition) is 0. The molecule has 1 heterocycles. The largest absolute Gasteiger partial charge is 0.293 e. The molecule has 0 spiro atoms. The van der Waals surface area contributed by atoms with Crippen LogP contribution in [0.5, 0.6) is 0 Å². The molecule has 3 aromatic rings. The van der Waals surface area contributed by atoms with E-state index in [9.17, 15) is 4.79 Å². The molecule has 1 aromatic heterocycles. The van der Waals surface area contributed by atoms with E-state index in [0.717, 1.165) is 17.7 Å². The minimum Gasteiger partial charge on any atom is -0.293 e. The molecule has 0 aliphatic rings. The highest BCUT2D eigenvalue weighted by Gasteiger charge is 2.10. The average Bonchev–Trinajstić information content (AvgIpc) is 3.41. The lowest BCUT2D eigenvalue weighted by Gasteiger charge is -2.06. The van der Waals surface area contributed by atoms with Gasteiger partial charge in [0.15, 0.2) is 5.78 Å². The summed E-state index contributed by atoms with van der Waals surface area (Å²) in [7, 11) is 0. The lowest BCUT2D eigenvalue weighted by Crippen LogP contribution is -1.94. The van der Waals surface area contributed by atoms with Crippen molar-refractivity contribution in [3.8, 4) is 21.6 Å². The molecule has 2 heteroatoms. The van der Waals surface area contributed by atoms with Gasteiger partial charge in [-0.2, -0.15) is 0 Å². The van der Waals surface area contributed by atoms with E-state index in [1.54, 1.807) is 11.3 Å². The van der Waals surface area contributed by atoms with E-state index < -0.39 is 0 Å². The van der Waals surface area contributed by atoms with Crippen molar-refractivity contribution in [3.05, 3.63) is 71.1 Å². The van der Waals surface area contributed by atoms with Crippen LogP contribution in [-0.4, -0.2) is 5.78 Å². The minimum absolute atomic E-state index is 0.276. The number of benzene rings is 2. The zero-order valence-corrected chi connectivity index (χ0v) is 23.5. The maximum absolute atomic E-state index is 12.3. The maximum Gasteiger partial charge on any atom is 0.172 e. The monoisotopic (exact) mass is 502 g/mol. The molecule has 3 rings (SSSR count). The fourth-order valence-electron chi connectivity index (χ4n) is 4.79. The number of hydrogen-bond acceptors (Lipinski definition) is 2. The summed E-state index contributed by atoms with van der Waals surface area (Å²) in [5.74, 6) is 0.276. The molecule has 0 atom stereocenters. The Balaban J connectivity index is 1.38. The van der Waals surface area contributed by atoms with Gasteiger partial charge in [-0.1, -0.05) is 133 Å². The first-order chi connectivity index (χ1) is 17.7. The Morgan fingerprint density at radius 2 is 1.06 bits per heavy atom. The van der Waals surface area contributed by atoms with Crippen molar-refractivity contribution in [2.24, 2.45) is 0 Å². The molecule has 0 radical (unpaired) electrons. The third kappa shape index (κ3) is 9.69. The molecule has 2 aromatic carbocycles. The highest BCUT2D eigenvalue weighted by atomic mass is 32.1. The number of rotatable bonds is 18. The molecule has 0 fully saturated rings. The van der Waals surface area contributed by atoms with Gasteiger partial charge in [0.1, 0.15) is 0 Å². The lowest BCUT2D eigenvalue weighted by atomic mass is 9.99. The van der Waals surface area contributed by atoms with Crippen molar-refractivity contribution >= 4 is 17.1 Å². The van der Waals surface area contributed by atoms with Gasteiger partial charge in [0.2, 0.25) is 0 Å². The van der Waals surface area contributed by atoms with Gasteiger partial charge in [-0.25, -0.2) is 0 Å². The Bertz CT molecular complexity index is 996. The van der Waals surface area contributed by atoms with Crippen LogP contribution in [0.4, 0.5) is 0 Å². The number of thiophene rings is 1. The van der Waals surface area contributed by atoms with Crippen LogP contribution in [0.25, 0.3) is 21.6 Å². The molecular weight excluding hydrogens is 456 g/mol. The molecule has 0 aliphatic heterocycles. The van der Waals surface area contributed by atoms with Crippen LogP contribution in [0, 0.1) is 0 Å². The number of aryl methyl sites for hydroxylation is 1. The molecule has 0 aliphatic carbocycles. The fourth-order valence-corrected chi connectivity index (χ4v) is 5.77. The van der Waals surface area contributed by atoms with Crippen molar-refractivity contribution < 1.29 is 4.79 Å². The summed E-state index contributed by atoms with van der Waals surface area (Å²) in [6.07, 6.45) is 19.2. The van der Waals surface area contributed by atoms with E-state index in [-0.39, 0.29) is 5.78 Å². The highest BCUT2D eigenvalue weighted by molar-refractivity contribution is 7.17. The molecule has 0 bridgehead atoms. The molecule has 0 saturated heterocycles. The minimum atomic E-state index is 0.276. The van der Waals surface area contributed by atoms with Crippen LogP contribution < -0.4 is 0 Å². The Kier molecular flexibility index (Phi) is 13.0. The van der Waals surface area contributed by atoms with Crippen molar-refractivity contribution in [2.45, 2.75) is 110 Å². The lowest BCUT2D eigenvalue weighted by molar-refractivity contribution is 0.0983. The third-order valence-electron chi connectivity index (χ3n) is 7.16. The summed E-state index contributed by atoms with van der Waals surface area (Å²) in [6, 6.07) is 22.0. The molecule has 0 amide bonds. The molecular formula is C34H46OS. The predicted molar refractivity (Wildman–Crippen MR) is 159 cm³/mol. The second-order valence-corrected chi connectivity index (χ2v) is 11.3. The fraction of sp³-hybridized carbons (Fsp3) is 0.500. The first kappa shape index (κ1) is 28.4. The maximum atomic E-state index is 12.3. The molecule has 0 N–H and O–H groups in total. The van der Waals surface area contributed by atoms with Crippen LogP contribution >= 0.6 is 11.3 Å². The van der Waals surface area contributed by atoms with Crippen LogP contribution in [0.2, 0.25) is 0 Å². The van der Waals surface area contributed by atoms with Crippen molar-refractivity contribution in [1.82, 2.24) is 0 Å². The molecule has 0 saturated carbocycles. The summed E-state index contributed by atoms with van der Waals surface area (Å²) in [5.41, 5.74) is 5.15. The first-order valence-electron chi connectivity index (χ1n) is 14.5. The zero-order valence-electron chi connectivity index (χ0n) is 22.7. The molecule has 36 heavy (non-hydrogen) atoms. The van der Waals surface area contributed by atoms with Gasteiger partial charge in [0, 0.05) is 11.3 Å². The number of ketones is 1. The first-order valence-corrected chi connectivity index (χ1v) is 15.4. The molecule has 1 nitrogen and oxygen atoms in total. The van der Waals surface area contributed by atoms with Gasteiger partial charge in [-0.3, -0.25) is 4.79 Å². The average molecular weight is 503 g/mol. The van der Waals surface area contributed by atoms with Crippen LogP contribution in [0.15, 0.2) is 60.7 Å². The predicted octanol–water partition coefficient (Wildman–Crippen LogP) is 11.3. The Morgan fingerprint density at radius 3 is 1.64 bits per heavy atom. The van der Waals surface area contributed by atoms with Crippen molar-refractivity contribution in [1.29, 1.82) is 0 Å². The van der Waals surface area contributed by atoms with E-state index in [2.05, 4.69) is 68.4 Å². The van der Waals surface area contributed by atoms with Crippen LogP contribution in [0.3, 0.4) is 0 Å². The highest BCUT2D eigenvalue weighted by Crippen LogP contribution is 2.31. The summed E-state index contributed by atoms with van der Waals surface area (Å²) < 4.78 is 0. The van der Waals surface area contributed by atoms with E-state index in [1.165, 1.54) is 104 Å².